The van der Waals surface area contributed by atoms with Crippen LogP contribution in [0.3, 0.4) is 0 Å². The molecule has 0 aliphatic heterocycles. The number of allylic oxidation sites excluding steroid dienone is 1. The highest BCUT2D eigenvalue weighted by Gasteiger charge is 2.05. The first-order valence-electron chi connectivity index (χ1n) is 4.97. The van der Waals surface area contributed by atoms with Crippen LogP contribution in [-0.2, 0) is 6.54 Å². The SMILES string of the molecule is C=C(C)Cn1ccc2cc(C)c(F)cc21. The first kappa shape index (κ1) is 9.97. The topological polar surface area (TPSA) is 4.93 Å². The smallest absolute Gasteiger partial charge is 0.128 e. The molecule has 0 spiro atoms. The minimum Gasteiger partial charge on any atom is -0.343 e. The van der Waals surface area contributed by atoms with Gasteiger partial charge in [0.2, 0.25) is 0 Å². The summed E-state index contributed by atoms with van der Waals surface area (Å²) in [6, 6.07) is 5.47. The normalized spacial score (nSPS) is 10.9. The molecule has 0 aliphatic rings. The first-order chi connectivity index (χ1) is 7.08. The molecule has 2 rings (SSSR count). The Labute approximate surface area is 88.8 Å². The van der Waals surface area contributed by atoms with Gasteiger partial charge in [0.05, 0.1) is 5.52 Å². The molecule has 1 aromatic carbocycles. The van der Waals surface area contributed by atoms with E-state index in [0.29, 0.717) is 5.56 Å². The van der Waals surface area contributed by atoms with Crippen molar-refractivity contribution in [2.24, 2.45) is 0 Å². The van der Waals surface area contributed by atoms with E-state index in [2.05, 4.69) is 6.58 Å². The maximum atomic E-state index is 13.4. The summed E-state index contributed by atoms with van der Waals surface area (Å²) in [6.45, 7) is 8.36. The zero-order valence-corrected chi connectivity index (χ0v) is 9.05. The second-order valence-corrected chi connectivity index (χ2v) is 4.06. The number of nitrogens with zero attached hydrogens (tertiary/aromatic N) is 1. The monoisotopic (exact) mass is 203 g/mol. The Morgan fingerprint density at radius 1 is 1.47 bits per heavy atom. The summed E-state index contributed by atoms with van der Waals surface area (Å²) < 4.78 is 15.4. The second-order valence-electron chi connectivity index (χ2n) is 4.06. The standard InChI is InChI=1S/C13H14FN/c1-9(2)8-15-5-4-11-6-10(3)12(14)7-13(11)15/h4-7H,1,8H2,2-3H3. The predicted molar refractivity (Wildman–Crippen MR) is 61.4 cm³/mol. The van der Waals surface area contributed by atoms with Gasteiger partial charge >= 0.3 is 0 Å². The second kappa shape index (κ2) is 3.54. The molecule has 0 unspecified atom stereocenters. The van der Waals surface area contributed by atoms with Gasteiger partial charge in [-0.2, -0.15) is 0 Å². The van der Waals surface area contributed by atoms with Crippen LogP contribution >= 0.6 is 0 Å². The van der Waals surface area contributed by atoms with Crippen molar-refractivity contribution in [2.45, 2.75) is 20.4 Å². The van der Waals surface area contributed by atoms with Gasteiger partial charge in [-0.3, -0.25) is 0 Å². The highest BCUT2D eigenvalue weighted by molar-refractivity contribution is 5.81. The molecule has 1 heterocycles. The maximum Gasteiger partial charge on any atom is 0.128 e. The van der Waals surface area contributed by atoms with E-state index in [9.17, 15) is 4.39 Å². The Kier molecular flexibility index (Phi) is 2.35. The van der Waals surface area contributed by atoms with Gasteiger partial charge in [0.25, 0.3) is 0 Å². The molecule has 0 saturated carbocycles. The van der Waals surface area contributed by atoms with E-state index in [1.54, 1.807) is 13.0 Å². The van der Waals surface area contributed by atoms with E-state index >= 15 is 0 Å². The lowest BCUT2D eigenvalue weighted by Gasteiger charge is -2.05. The average Bonchev–Trinajstić information content (AvgIpc) is 2.49. The Morgan fingerprint density at radius 2 is 2.20 bits per heavy atom. The van der Waals surface area contributed by atoms with Gasteiger partial charge in [-0.15, -0.1) is 0 Å². The fourth-order valence-corrected chi connectivity index (χ4v) is 1.75. The summed E-state index contributed by atoms with van der Waals surface area (Å²) in [6.07, 6.45) is 1.97. The summed E-state index contributed by atoms with van der Waals surface area (Å²) in [5, 5.41) is 1.08. The van der Waals surface area contributed by atoms with Crippen molar-refractivity contribution in [1.29, 1.82) is 0 Å². The summed E-state index contributed by atoms with van der Waals surface area (Å²) in [4.78, 5) is 0. The van der Waals surface area contributed by atoms with Crippen LogP contribution in [-0.4, -0.2) is 4.57 Å². The largest absolute Gasteiger partial charge is 0.343 e. The van der Waals surface area contributed by atoms with Crippen LogP contribution in [0.1, 0.15) is 12.5 Å². The van der Waals surface area contributed by atoms with Gasteiger partial charge in [0, 0.05) is 18.1 Å². The van der Waals surface area contributed by atoms with Gasteiger partial charge in [-0.1, -0.05) is 12.2 Å². The van der Waals surface area contributed by atoms with Gasteiger partial charge in [-0.25, -0.2) is 4.39 Å². The van der Waals surface area contributed by atoms with E-state index in [1.165, 1.54) is 0 Å². The Morgan fingerprint density at radius 3 is 2.87 bits per heavy atom. The minimum absolute atomic E-state index is 0.149. The molecular formula is C13H14FN. The third-order valence-electron chi connectivity index (χ3n) is 2.49. The maximum absolute atomic E-state index is 13.4. The van der Waals surface area contributed by atoms with E-state index in [1.807, 2.05) is 29.8 Å². The van der Waals surface area contributed by atoms with Crippen LogP contribution in [0.15, 0.2) is 36.5 Å². The number of benzene rings is 1. The van der Waals surface area contributed by atoms with Crippen molar-refractivity contribution < 1.29 is 4.39 Å². The van der Waals surface area contributed by atoms with Crippen LogP contribution in [0, 0.1) is 12.7 Å². The van der Waals surface area contributed by atoms with Crippen LogP contribution in [0.4, 0.5) is 4.39 Å². The lowest BCUT2D eigenvalue weighted by molar-refractivity contribution is 0.619. The minimum atomic E-state index is -0.149. The van der Waals surface area contributed by atoms with Gasteiger partial charge < -0.3 is 4.57 Å². The molecule has 0 N–H and O–H groups in total. The van der Waals surface area contributed by atoms with E-state index in [4.69, 9.17) is 0 Å². The molecule has 0 atom stereocenters. The average molecular weight is 203 g/mol. The zero-order valence-electron chi connectivity index (χ0n) is 9.05. The lowest BCUT2D eigenvalue weighted by atomic mass is 10.1. The number of hydrogen-bond acceptors (Lipinski definition) is 0. The molecule has 0 amide bonds. The molecular weight excluding hydrogens is 189 g/mol. The van der Waals surface area contributed by atoms with Crippen molar-refractivity contribution in [3.8, 4) is 0 Å². The number of aryl methyl sites for hydroxylation is 1. The molecule has 2 heteroatoms. The number of rotatable bonds is 2. The van der Waals surface area contributed by atoms with E-state index in [-0.39, 0.29) is 5.82 Å². The molecule has 2 aromatic rings. The fourth-order valence-electron chi connectivity index (χ4n) is 1.75. The summed E-state index contributed by atoms with van der Waals surface area (Å²) in [7, 11) is 0. The molecule has 1 nitrogen and oxygen atoms in total. The summed E-state index contributed by atoms with van der Waals surface area (Å²) >= 11 is 0. The van der Waals surface area contributed by atoms with Crippen molar-refractivity contribution in [2.75, 3.05) is 0 Å². The summed E-state index contributed by atoms with van der Waals surface area (Å²) in [5.41, 5.74) is 2.69. The van der Waals surface area contributed by atoms with Crippen LogP contribution in [0.2, 0.25) is 0 Å². The molecule has 15 heavy (non-hydrogen) atoms. The fraction of sp³-hybridized carbons (Fsp3) is 0.231. The molecule has 1 aromatic heterocycles. The molecule has 78 valence electrons. The van der Waals surface area contributed by atoms with Crippen LogP contribution in [0.25, 0.3) is 10.9 Å². The van der Waals surface area contributed by atoms with Crippen molar-refractivity contribution in [3.05, 3.63) is 47.9 Å². The molecule has 0 radical (unpaired) electrons. The Bertz CT molecular complexity index is 523. The third-order valence-corrected chi connectivity index (χ3v) is 2.49. The Hall–Kier alpha value is -1.57. The first-order valence-corrected chi connectivity index (χ1v) is 4.97. The predicted octanol–water partition coefficient (Wildman–Crippen LogP) is 3.66. The highest BCUT2D eigenvalue weighted by Crippen LogP contribution is 2.20. The Balaban J connectivity index is 2.59. The zero-order chi connectivity index (χ0) is 11.0. The van der Waals surface area contributed by atoms with Crippen molar-refractivity contribution in [3.63, 3.8) is 0 Å². The third kappa shape index (κ3) is 1.80. The number of fused-ring (bicyclic) bond motifs is 1. The van der Waals surface area contributed by atoms with Crippen LogP contribution < -0.4 is 0 Å². The lowest BCUT2D eigenvalue weighted by Crippen LogP contribution is -1.96. The highest BCUT2D eigenvalue weighted by atomic mass is 19.1. The van der Waals surface area contributed by atoms with E-state index < -0.39 is 0 Å². The van der Waals surface area contributed by atoms with Crippen molar-refractivity contribution in [1.82, 2.24) is 4.57 Å². The number of aromatic nitrogens is 1. The quantitative estimate of drug-likeness (QED) is 0.656. The molecule has 0 fully saturated rings. The van der Waals surface area contributed by atoms with Gasteiger partial charge in [0.15, 0.2) is 0 Å². The van der Waals surface area contributed by atoms with Crippen LogP contribution in [0.5, 0.6) is 0 Å². The number of hydrogen-bond donors (Lipinski definition) is 0. The molecule has 0 aliphatic carbocycles. The summed E-state index contributed by atoms with van der Waals surface area (Å²) in [5.74, 6) is -0.149. The van der Waals surface area contributed by atoms with Gasteiger partial charge in [0.1, 0.15) is 5.82 Å². The molecule has 0 saturated heterocycles. The van der Waals surface area contributed by atoms with Gasteiger partial charge in [-0.05, 0) is 37.6 Å². The van der Waals surface area contributed by atoms with Crippen molar-refractivity contribution >= 4 is 10.9 Å². The molecule has 0 bridgehead atoms. The van der Waals surface area contributed by atoms with E-state index in [0.717, 1.165) is 23.0 Å². The number of halogens is 1.